The summed E-state index contributed by atoms with van der Waals surface area (Å²) < 4.78 is 0. The fraction of sp³-hybridized carbons (Fsp3) is 0.500. The molecule has 0 fully saturated rings. The van der Waals surface area contributed by atoms with Crippen molar-refractivity contribution in [1.82, 2.24) is 4.90 Å². The van der Waals surface area contributed by atoms with Crippen LogP contribution in [0, 0.1) is 31.1 Å². The highest BCUT2D eigenvalue weighted by atomic mass is 16.2. The molecule has 0 saturated carbocycles. The fourth-order valence-corrected chi connectivity index (χ4v) is 1.96. The van der Waals surface area contributed by atoms with Gasteiger partial charge in [0.15, 0.2) is 0 Å². The zero-order chi connectivity index (χ0) is 14.6. The molecule has 0 radical (unpaired) electrons. The van der Waals surface area contributed by atoms with Gasteiger partial charge in [-0.05, 0) is 49.4 Å². The maximum Gasteiger partial charge on any atom is 0.254 e. The van der Waals surface area contributed by atoms with Gasteiger partial charge in [-0.2, -0.15) is 5.26 Å². The van der Waals surface area contributed by atoms with Gasteiger partial charge in [-0.15, -0.1) is 0 Å². The van der Waals surface area contributed by atoms with Gasteiger partial charge in [-0.1, -0.05) is 19.9 Å². The average molecular weight is 258 g/mol. The first-order chi connectivity index (χ1) is 8.86. The molecule has 3 nitrogen and oxygen atoms in total. The Balaban J connectivity index is 2.92. The number of carbonyl (C=O) groups excluding carboxylic acids is 1. The molecular formula is C16H22N2O. The summed E-state index contributed by atoms with van der Waals surface area (Å²) in [6, 6.07) is 7.50. The molecule has 0 aromatic heterocycles. The Morgan fingerprint density at radius 1 is 1.32 bits per heavy atom. The van der Waals surface area contributed by atoms with Crippen LogP contribution in [0.3, 0.4) is 0 Å². The van der Waals surface area contributed by atoms with Gasteiger partial charge in [-0.3, -0.25) is 4.79 Å². The monoisotopic (exact) mass is 258 g/mol. The molecule has 1 aromatic rings. The lowest BCUT2D eigenvalue weighted by Crippen LogP contribution is -2.37. The van der Waals surface area contributed by atoms with Crippen molar-refractivity contribution in [3.63, 3.8) is 0 Å². The van der Waals surface area contributed by atoms with E-state index in [1.807, 2.05) is 32.0 Å². The second-order valence-electron chi connectivity index (χ2n) is 5.49. The van der Waals surface area contributed by atoms with E-state index in [1.54, 1.807) is 11.9 Å². The van der Waals surface area contributed by atoms with E-state index in [1.165, 1.54) is 5.56 Å². The van der Waals surface area contributed by atoms with E-state index in [4.69, 9.17) is 0 Å². The predicted octanol–water partition coefficient (Wildman–Crippen LogP) is 3.31. The molecule has 0 heterocycles. The van der Waals surface area contributed by atoms with Crippen molar-refractivity contribution < 1.29 is 4.79 Å². The minimum atomic E-state index is -0.367. The molecule has 1 aromatic carbocycles. The molecule has 0 aliphatic heterocycles. The third kappa shape index (κ3) is 3.82. The number of nitrogens with zero attached hydrogens (tertiary/aromatic N) is 2. The lowest BCUT2D eigenvalue weighted by Gasteiger charge is -2.24. The van der Waals surface area contributed by atoms with Crippen LogP contribution in [0.25, 0.3) is 0 Å². The summed E-state index contributed by atoms with van der Waals surface area (Å²) in [5.41, 5.74) is 2.91. The first-order valence-electron chi connectivity index (χ1n) is 6.60. The van der Waals surface area contributed by atoms with Crippen LogP contribution < -0.4 is 0 Å². The Hall–Kier alpha value is -1.82. The third-order valence-corrected chi connectivity index (χ3v) is 3.39. The highest BCUT2D eigenvalue weighted by Gasteiger charge is 2.21. The number of carbonyl (C=O) groups is 1. The number of aryl methyl sites for hydroxylation is 2. The van der Waals surface area contributed by atoms with E-state index in [-0.39, 0.29) is 11.9 Å². The second kappa shape index (κ2) is 6.38. The lowest BCUT2D eigenvalue weighted by atomic mass is 10.0. The summed E-state index contributed by atoms with van der Waals surface area (Å²) in [5.74, 6) is 0.301. The molecule has 0 aliphatic carbocycles. The average Bonchev–Trinajstić information content (AvgIpc) is 2.37. The van der Waals surface area contributed by atoms with Crippen LogP contribution in [0.1, 0.15) is 41.8 Å². The van der Waals surface area contributed by atoms with Crippen molar-refractivity contribution in [3.8, 4) is 6.07 Å². The van der Waals surface area contributed by atoms with E-state index in [2.05, 4.69) is 19.9 Å². The topological polar surface area (TPSA) is 44.1 Å². The summed E-state index contributed by atoms with van der Waals surface area (Å²) in [5, 5.41) is 9.20. The molecular weight excluding hydrogens is 236 g/mol. The Bertz CT molecular complexity index is 500. The Morgan fingerprint density at radius 2 is 1.95 bits per heavy atom. The number of nitriles is 1. The van der Waals surface area contributed by atoms with E-state index in [9.17, 15) is 10.1 Å². The number of amides is 1. The standard InChI is InChI=1S/C16H22N2O/c1-11(2)8-15(10-17)18(5)16(19)14-7-6-12(3)13(4)9-14/h6-7,9,11,15H,8H2,1-5H3. The third-order valence-electron chi connectivity index (χ3n) is 3.39. The van der Waals surface area contributed by atoms with Gasteiger partial charge in [-0.25, -0.2) is 0 Å². The summed E-state index contributed by atoms with van der Waals surface area (Å²) in [7, 11) is 1.70. The molecule has 0 N–H and O–H groups in total. The molecule has 1 atom stereocenters. The molecule has 19 heavy (non-hydrogen) atoms. The maximum atomic E-state index is 12.4. The summed E-state index contributed by atoms with van der Waals surface area (Å²) in [4.78, 5) is 13.9. The first-order valence-corrected chi connectivity index (χ1v) is 6.60. The van der Waals surface area contributed by atoms with E-state index in [0.717, 1.165) is 5.56 Å². The van der Waals surface area contributed by atoms with E-state index >= 15 is 0 Å². The molecule has 0 bridgehead atoms. The number of hydrogen-bond acceptors (Lipinski definition) is 2. The molecule has 102 valence electrons. The van der Waals surface area contributed by atoms with Crippen LogP contribution in [0.5, 0.6) is 0 Å². The molecule has 0 aliphatic rings. The molecule has 1 amide bonds. The van der Waals surface area contributed by atoms with Crippen molar-refractivity contribution in [3.05, 3.63) is 34.9 Å². The zero-order valence-corrected chi connectivity index (χ0v) is 12.4. The normalized spacial score (nSPS) is 12.1. The van der Waals surface area contributed by atoms with Crippen LogP contribution >= 0.6 is 0 Å². The SMILES string of the molecule is Cc1ccc(C(=O)N(C)C(C#N)CC(C)C)cc1C. The van der Waals surface area contributed by atoms with Crippen molar-refractivity contribution in [2.45, 2.75) is 40.2 Å². The van der Waals surface area contributed by atoms with Crippen LogP contribution in [-0.2, 0) is 0 Å². The molecule has 0 spiro atoms. The zero-order valence-electron chi connectivity index (χ0n) is 12.4. The van der Waals surface area contributed by atoms with Crippen molar-refractivity contribution in [2.75, 3.05) is 7.05 Å². The maximum absolute atomic E-state index is 12.4. The van der Waals surface area contributed by atoms with Gasteiger partial charge < -0.3 is 4.90 Å². The smallest absolute Gasteiger partial charge is 0.254 e. The Morgan fingerprint density at radius 3 is 2.42 bits per heavy atom. The van der Waals surface area contributed by atoms with Crippen molar-refractivity contribution >= 4 is 5.91 Å². The minimum absolute atomic E-state index is 0.0877. The van der Waals surface area contributed by atoms with Gasteiger partial charge in [0.05, 0.1) is 6.07 Å². The molecule has 1 rings (SSSR count). The first kappa shape index (κ1) is 15.2. The predicted molar refractivity (Wildman–Crippen MR) is 76.9 cm³/mol. The summed E-state index contributed by atoms with van der Waals surface area (Å²) in [6.45, 7) is 8.11. The Kier molecular flexibility index (Phi) is 5.11. The highest BCUT2D eigenvalue weighted by molar-refractivity contribution is 5.94. The van der Waals surface area contributed by atoms with Crippen LogP contribution in [0.15, 0.2) is 18.2 Å². The van der Waals surface area contributed by atoms with E-state index in [0.29, 0.717) is 17.9 Å². The lowest BCUT2D eigenvalue weighted by molar-refractivity contribution is 0.0752. The molecule has 1 unspecified atom stereocenters. The largest absolute Gasteiger partial charge is 0.326 e. The van der Waals surface area contributed by atoms with Crippen LogP contribution in [-0.4, -0.2) is 23.9 Å². The summed E-state index contributed by atoms with van der Waals surface area (Å²) in [6.07, 6.45) is 0.698. The second-order valence-corrected chi connectivity index (χ2v) is 5.49. The number of benzene rings is 1. The van der Waals surface area contributed by atoms with Crippen LogP contribution in [0.2, 0.25) is 0 Å². The number of rotatable bonds is 4. The summed E-state index contributed by atoms with van der Waals surface area (Å²) >= 11 is 0. The minimum Gasteiger partial charge on any atom is -0.326 e. The van der Waals surface area contributed by atoms with Gasteiger partial charge in [0.1, 0.15) is 6.04 Å². The fourth-order valence-electron chi connectivity index (χ4n) is 1.96. The molecule has 3 heteroatoms. The highest BCUT2D eigenvalue weighted by Crippen LogP contribution is 2.15. The van der Waals surface area contributed by atoms with E-state index < -0.39 is 0 Å². The van der Waals surface area contributed by atoms with Gasteiger partial charge in [0.2, 0.25) is 0 Å². The number of hydrogen-bond donors (Lipinski definition) is 0. The van der Waals surface area contributed by atoms with Crippen LogP contribution in [0.4, 0.5) is 0 Å². The quantitative estimate of drug-likeness (QED) is 0.831. The van der Waals surface area contributed by atoms with Crippen molar-refractivity contribution in [1.29, 1.82) is 5.26 Å². The van der Waals surface area contributed by atoms with Gasteiger partial charge >= 0.3 is 0 Å². The molecule has 0 saturated heterocycles. The van der Waals surface area contributed by atoms with Gasteiger partial charge in [0.25, 0.3) is 5.91 Å². The van der Waals surface area contributed by atoms with Crippen molar-refractivity contribution in [2.24, 2.45) is 5.92 Å². The Labute approximate surface area is 115 Å². The van der Waals surface area contributed by atoms with Gasteiger partial charge in [0, 0.05) is 12.6 Å².